The highest BCUT2D eigenvalue weighted by molar-refractivity contribution is 7.22. The van der Waals surface area contributed by atoms with Crippen LogP contribution in [0.4, 0.5) is 36.8 Å². The Morgan fingerprint density at radius 1 is 0.762 bits per heavy atom. The molecule has 0 saturated carbocycles. The van der Waals surface area contributed by atoms with E-state index < -0.39 is 102 Å². The van der Waals surface area contributed by atoms with E-state index in [4.69, 9.17) is 33.2 Å². The molecule has 26 nitrogen and oxygen atoms in total. The summed E-state index contributed by atoms with van der Waals surface area (Å²) in [5.74, 6) is -0.00900. The van der Waals surface area contributed by atoms with Crippen LogP contribution in [-0.4, -0.2) is 168 Å². The molecule has 4 heterocycles. The number of carbonyl (C=O) groups is 8. The number of hydrogen-bond donors (Lipinski definition) is 5. The average molecular weight is 1470 g/mol. The molecule has 1 fully saturated rings. The summed E-state index contributed by atoms with van der Waals surface area (Å²) in [6.07, 6.45) is -7.43. The summed E-state index contributed by atoms with van der Waals surface area (Å²) in [6, 6.07) is 32.8. The number of para-hydroxylation sites is 1. The Morgan fingerprint density at radius 3 is 2.10 bits per heavy atom. The summed E-state index contributed by atoms with van der Waals surface area (Å²) in [4.78, 5) is 116. The van der Waals surface area contributed by atoms with Gasteiger partial charge in [-0.05, 0) is 133 Å². The SMILES string of the molecule is COC(=O)[C@H]1O[C@@H](CCc2cc(NC(=O)[C@H](C)NC(=O)[C@@H](NC(=O)OCC3c4ccccc4-c4ccccc43)C(C)C)ccc2C[N+](C)(C)CC#Cc2ccc(OCCCc3sc(N(C)c4cc(C)c(Nc5nc6ccccc6s5)nn4)nc3C(=O)O)c(F)c2)[C@H](OC(C)=O)[C@@H](OC(C)=O)[C@@H]1OC(C)=O. The molecule has 8 aromatic rings. The van der Waals surface area contributed by atoms with Crippen molar-refractivity contribution < 1.29 is 85.5 Å². The lowest BCUT2D eigenvalue weighted by atomic mass is 9.90. The minimum Gasteiger partial charge on any atom is -0.491 e. The summed E-state index contributed by atoms with van der Waals surface area (Å²) in [7, 11) is 6.67. The van der Waals surface area contributed by atoms with Crippen molar-refractivity contribution in [3.05, 3.63) is 165 Å². The Morgan fingerprint density at radius 2 is 1.44 bits per heavy atom. The second kappa shape index (κ2) is 34.1. The number of nitrogens with zero attached hydrogens (tertiary/aromatic N) is 6. The van der Waals surface area contributed by atoms with E-state index >= 15 is 4.39 Å². The fourth-order valence-electron chi connectivity index (χ4n) is 12.4. The van der Waals surface area contributed by atoms with Crippen LogP contribution < -0.4 is 30.9 Å². The van der Waals surface area contributed by atoms with E-state index in [-0.39, 0.29) is 60.9 Å². The number of quaternary nitrogens is 1. The molecule has 0 radical (unpaired) electrons. The number of thiazole rings is 2. The predicted octanol–water partition coefficient (Wildman–Crippen LogP) is 10.5. The smallest absolute Gasteiger partial charge is 0.407 e. The first kappa shape index (κ1) is 76.7. The normalized spacial score (nSPS) is 16.6. The van der Waals surface area contributed by atoms with Crippen molar-refractivity contribution in [3.63, 3.8) is 0 Å². The monoisotopic (exact) mass is 1470 g/mol. The number of rotatable bonds is 28. The molecule has 10 rings (SSSR count). The van der Waals surface area contributed by atoms with Crippen LogP contribution in [0.2, 0.25) is 0 Å². The van der Waals surface area contributed by atoms with Gasteiger partial charge < -0.3 is 68.9 Å². The number of nitrogens with one attached hydrogen (secondary N) is 4. The minimum absolute atomic E-state index is 0.0196. The lowest BCUT2D eigenvalue weighted by molar-refractivity contribution is -0.896. The topological polar surface area (TPSA) is 324 Å². The Balaban J connectivity index is 0.792. The number of halogens is 1. The number of aromatic nitrogens is 4. The maximum absolute atomic E-state index is 15.7. The van der Waals surface area contributed by atoms with Crippen LogP contribution in [0.3, 0.4) is 0 Å². The van der Waals surface area contributed by atoms with Gasteiger partial charge >= 0.3 is 35.9 Å². The summed E-state index contributed by atoms with van der Waals surface area (Å²) in [5, 5.41) is 31.5. The first-order valence-corrected chi connectivity index (χ1v) is 35.5. The summed E-state index contributed by atoms with van der Waals surface area (Å²) >= 11 is 2.69. The fraction of sp³-hybridized carbons (Fsp3) is 0.368. The van der Waals surface area contributed by atoms with Crippen molar-refractivity contribution in [2.45, 2.75) is 129 Å². The number of esters is 4. The molecule has 2 aliphatic rings. The molecule has 105 heavy (non-hydrogen) atoms. The van der Waals surface area contributed by atoms with Gasteiger partial charge in [0, 0.05) is 55.4 Å². The standard InChI is InChI=1S/C76H81FN10O16S2/c1-41(2)63(82-76(96)99-40-55-53-23-14-12-21-51(53)52-22-13-15-24-54(52)55)71(92)78-43(4)70(91)79-50-31-29-49(48(38-50)30-33-59-65(100-44(5)88)66(101-45(6)89)67(102-46(7)90)68(103-59)73(95)97-11)39-87(9,10)34-18-20-47-28-32-58(56(77)37-47)98-35-19-27-61-64(72(93)94)81-75(105-61)86(8)62-36-42(3)69(85-84-62)83-74-80-57-25-16-17-26-60(57)104-74/h12-17,21-26,28-29,31-32,36-38,41,43,55,59,63,65-68H,19,27,30,33-35,39-40H2,1-11H3,(H4-,78,79,80,82,83,85,91,92,93,94,96)/p+1/t43-,59-,63-,65-,66+,67-,68-/m0/s1. The molecule has 1 aliphatic carbocycles. The van der Waals surface area contributed by atoms with Gasteiger partial charge in [0.25, 0.3) is 0 Å². The van der Waals surface area contributed by atoms with Gasteiger partial charge in [-0.2, -0.15) is 0 Å². The van der Waals surface area contributed by atoms with Crippen molar-refractivity contribution in [1.82, 2.24) is 30.8 Å². The van der Waals surface area contributed by atoms with Gasteiger partial charge in [0.05, 0.1) is 44.1 Å². The number of benzene rings is 5. The van der Waals surface area contributed by atoms with Gasteiger partial charge in [-0.3, -0.25) is 24.0 Å². The molecule has 5 aromatic carbocycles. The van der Waals surface area contributed by atoms with Crippen LogP contribution in [0.1, 0.15) is 109 Å². The van der Waals surface area contributed by atoms with E-state index in [1.807, 2.05) is 99.9 Å². The fourth-order valence-corrected chi connectivity index (χ4v) is 14.4. The van der Waals surface area contributed by atoms with Crippen LogP contribution in [-0.2, 0) is 76.6 Å². The van der Waals surface area contributed by atoms with E-state index in [9.17, 15) is 43.5 Å². The molecule has 0 unspecified atom stereocenters. The number of anilines is 5. The summed E-state index contributed by atoms with van der Waals surface area (Å²) in [6.45, 7) is 10.8. The second-order valence-electron chi connectivity index (χ2n) is 26.4. The van der Waals surface area contributed by atoms with Gasteiger partial charge in [-0.15, -0.1) is 21.5 Å². The van der Waals surface area contributed by atoms with Crippen LogP contribution >= 0.6 is 22.7 Å². The van der Waals surface area contributed by atoms with Crippen molar-refractivity contribution >= 4 is 108 Å². The molecular weight excluding hydrogens is 1390 g/mol. The van der Waals surface area contributed by atoms with Crippen LogP contribution in [0.25, 0.3) is 21.3 Å². The van der Waals surface area contributed by atoms with Gasteiger partial charge in [0.1, 0.15) is 31.8 Å². The number of amides is 3. The number of methoxy groups -OCH3 is 1. The molecule has 1 saturated heterocycles. The third-order valence-corrected chi connectivity index (χ3v) is 19.7. The molecule has 0 spiro atoms. The molecule has 5 N–H and O–H groups in total. The summed E-state index contributed by atoms with van der Waals surface area (Å²) in [5.41, 5.74) is 7.75. The number of fused-ring (bicyclic) bond motifs is 4. The van der Waals surface area contributed by atoms with Crippen LogP contribution in [0.15, 0.2) is 115 Å². The highest BCUT2D eigenvalue weighted by Gasteiger charge is 2.54. The Bertz CT molecular complexity index is 4570. The number of aromatic carboxylic acids is 1. The van der Waals surface area contributed by atoms with Crippen molar-refractivity contribution in [2.24, 2.45) is 5.92 Å². The maximum Gasteiger partial charge on any atom is 0.407 e. The third-order valence-electron chi connectivity index (χ3n) is 17.5. The van der Waals surface area contributed by atoms with Gasteiger partial charge in [0.2, 0.25) is 11.8 Å². The number of ether oxygens (including phenoxy) is 7. The lowest BCUT2D eigenvalue weighted by Gasteiger charge is -2.43. The van der Waals surface area contributed by atoms with E-state index in [2.05, 4.69) is 53.3 Å². The zero-order valence-corrected chi connectivity index (χ0v) is 61.4. The quantitative estimate of drug-likeness (QED) is 0.01000. The van der Waals surface area contributed by atoms with E-state index in [1.165, 1.54) is 41.7 Å². The van der Waals surface area contributed by atoms with Crippen LogP contribution in [0, 0.1) is 30.5 Å². The highest BCUT2D eigenvalue weighted by Crippen LogP contribution is 2.45. The molecule has 550 valence electrons. The largest absolute Gasteiger partial charge is 0.491 e. The van der Waals surface area contributed by atoms with E-state index in [1.54, 1.807) is 50.1 Å². The minimum atomic E-state index is -1.63. The Hall–Kier alpha value is -10.9. The van der Waals surface area contributed by atoms with Crippen molar-refractivity contribution in [3.8, 4) is 28.7 Å². The Labute approximate surface area is 613 Å². The summed E-state index contributed by atoms with van der Waals surface area (Å²) < 4.78 is 56.8. The second-order valence-corrected chi connectivity index (χ2v) is 28.5. The number of carboxylic acid groups (broad SMARTS) is 1. The lowest BCUT2D eigenvalue weighted by Crippen LogP contribution is -2.63. The molecule has 3 aromatic heterocycles. The molecular formula is C76H82FN10O16S2+. The zero-order valence-electron chi connectivity index (χ0n) is 59.8. The number of carboxylic acids is 1. The molecule has 0 bridgehead atoms. The zero-order chi connectivity index (χ0) is 75.4. The number of hydrogen-bond acceptors (Lipinski definition) is 23. The average Bonchev–Trinajstić information content (AvgIpc) is 1.65. The molecule has 29 heteroatoms. The first-order chi connectivity index (χ1) is 50.1. The number of alkyl carbamates (subject to hydrolysis) is 1. The number of aryl methyl sites for hydroxylation is 3. The van der Waals surface area contributed by atoms with Crippen molar-refractivity contribution in [2.75, 3.05) is 63.5 Å². The third kappa shape index (κ3) is 19.3. The van der Waals surface area contributed by atoms with Gasteiger partial charge in [-0.1, -0.05) is 97.8 Å². The maximum atomic E-state index is 15.7. The van der Waals surface area contributed by atoms with Gasteiger partial charge in [-0.25, -0.2) is 28.7 Å². The predicted molar refractivity (Wildman–Crippen MR) is 390 cm³/mol. The molecule has 1 aliphatic heterocycles. The van der Waals surface area contributed by atoms with Crippen LogP contribution in [0.5, 0.6) is 5.75 Å². The highest BCUT2D eigenvalue weighted by atomic mass is 32.1. The number of carbonyl (C=O) groups excluding carboxylic acids is 7. The first-order valence-electron chi connectivity index (χ1n) is 33.9. The Kier molecular flexibility index (Phi) is 24.9. The van der Waals surface area contributed by atoms with E-state index in [0.29, 0.717) is 56.6 Å². The molecule has 7 atom stereocenters. The van der Waals surface area contributed by atoms with Crippen molar-refractivity contribution in [1.29, 1.82) is 0 Å². The molecule has 3 amide bonds. The van der Waals surface area contributed by atoms with E-state index in [0.717, 1.165) is 71.5 Å². The van der Waals surface area contributed by atoms with Gasteiger partial charge in [0.15, 0.2) is 63.6 Å².